The fourth-order valence-electron chi connectivity index (χ4n) is 2.66. The molecule has 3 aromatic rings. The Bertz CT molecular complexity index is 930. The third-order valence-electron chi connectivity index (χ3n) is 3.81. The summed E-state index contributed by atoms with van der Waals surface area (Å²) in [6, 6.07) is 28.3. The lowest BCUT2D eigenvalue weighted by Gasteiger charge is -2.05. The van der Waals surface area contributed by atoms with E-state index in [0.717, 1.165) is 31.7 Å². The molecule has 24 heavy (non-hydrogen) atoms. The van der Waals surface area contributed by atoms with E-state index in [4.69, 9.17) is 4.74 Å². The third kappa shape index (κ3) is 2.87. The molecule has 3 aromatic carbocycles. The van der Waals surface area contributed by atoms with Crippen molar-refractivity contribution in [3.05, 3.63) is 102 Å². The summed E-state index contributed by atoms with van der Waals surface area (Å²) < 4.78 is 7.26. The SMILES string of the molecule is I/C(=C1/OC(=Nc2ccccc2)c2ccccc21)c1ccccc1. The fourth-order valence-corrected chi connectivity index (χ4v) is 3.42. The van der Waals surface area contributed by atoms with Gasteiger partial charge in [-0.25, -0.2) is 4.99 Å². The largest absolute Gasteiger partial charge is 0.437 e. The van der Waals surface area contributed by atoms with Crippen molar-refractivity contribution in [2.45, 2.75) is 0 Å². The normalized spacial score (nSPS) is 16.6. The summed E-state index contributed by atoms with van der Waals surface area (Å²) in [7, 11) is 0. The monoisotopic (exact) mass is 423 g/mol. The Balaban J connectivity index is 1.84. The molecule has 116 valence electrons. The number of rotatable bonds is 2. The molecule has 0 atom stereocenters. The lowest BCUT2D eigenvalue weighted by molar-refractivity contribution is 0.528. The third-order valence-corrected chi connectivity index (χ3v) is 4.93. The molecule has 1 aliphatic rings. The van der Waals surface area contributed by atoms with Crippen LogP contribution in [0, 0.1) is 0 Å². The van der Waals surface area contributed by atoms with E-state index in [-0.39, 0.29) is 0 Å². The molecular weight excluding hydrogens is 409 g/mol. The number of benzene rings is 3. The van der Waals surface area contributed by atoms with Crippen molar-refractivity contribution in [3.63, 3.8) is 0 Å². The number of ether oxygens (including phenoxy) is 1. The predicted octanol–water partition coefficient (Wildman–Crippen LogP) is 6.06. The van der Waals surface area contributed by atoms with E-state index in [1.807, 2.05) is 60.7 Å². The molecule has 3 heteroatoms. The van der Waals surface area contributed by atoms with Crippen molar-refractivity contribution in [1.82, 2.24) is 0 Å². The number of aliphatic imine (C=N–C) groups is 1. The van der Waals surface area contributed by atoms with Gasteiger partial charge in [-0.1, -0.05) is 66.7 Å². The van der Waals surface area contributed by atoms with Gasteiger partial charge in [0.2, 0.25) is 5.90 Å². The van der Waals surface area contributed by atoms with E-state index in [1.54, 1.807) is 0 Å². The zero-order chi connectivity index (χ0) is 16.4. The summed E-state index contributed by atoms with van der Waals surface area (Å²) in [6.45, 7) is 0. The molecule has 0 radical (unpaired) electrons. The van der Waals surface area contributed by atoms with Crippen LogP contribution in [0.5, 0.6) is 0 Å². The number of fused-ring (bicyclic) bond motifs is 1. The molecule has 4 rings (SSSR count). The summed E-state index contributed by atoms with van der Waals surface area (Å²) in [4.78, 5) is 4.68. The van der Waals surface area contributed by atoms with Crippen LogP contribution in [0.4, 0.5) is 5.69 Å². The van der Waals surface area contributed by atoms with Crippen LogP contribution in [0.1, 0.15) is 16.7 Å². The van der Waals surface area contributed by atoms with Gasteiger partial charge in [-0.05, 0) is 46.4 Å². The van der Waals surface area contributed by atoms with Gasteiger partial charge in [-0.3, -0.25) is 0 Å². The van der Waals surface area contributed by atoms with Gasteiger partial charge in [-0.15, -0.1) is 0 Å². The van der Waals surface area contributed by atoms with E-state index in [9.17, 15) is 0 Å². The maximum absolute atomic E-state index is 6.17. The standard InChI is InChI=1S/C21H14INO/c22-19(15-9-3-1-4-10-15)20-17-13-7-8-14-18(17)21(24-20)23-16-11-5-2-6-12-16/h1-14H/b20-19+,23-21?. The molecule has 0 spiro atoms. The highest BCUT2D eigenvalue weighted by atomic mass is 127. The topological polar surface area (TPSA) is 21.6 Å². The minimum absolute atomic E-state index is 0.650. The molecule has 1 aliphatic heterocycles. The van der Waals surface area contributed by atoms with Gasteiger partial charge in [0.05, 0.1) is 9.27 Å². The van der Waals surface area contributed by atoms with Crippen LogP contribution in [0.15, 0.2) is 89.9 Å². The minimum Gasteiger partial charge on any atom is -0.437 e. The second-order valence-corrected chi connectivity index (χ2v) is 6.49. The van der Waals surface area contributed by atoms with Gasteiger partial charge in [0.15, 0.2) is 5.76 Å². The molecule has 0 bridgehead atoms. The van der Waals surface area contributed by atoms with Crippen molar-refractivity contribution in [3.8, 4) is 0 Å². The summed E-state index contributed by atoms with van der Waals surface area (Å²) in [6.07, 6.45) is 0. The van der Waals surface area contributed by atoms with Crippen LogP contribution < -0.4 is 0 Å². The highest BCUT2D eigenvalue weighted by molar-refractivity contribution is 14.1. The van der Waals surface area contributed by atoms with Crippen molar-refractivity contribution in [2.24, 2.45) is 4.99 Å². The molecule has 0 unspecified atom stereocenters. The molecular formula is C21H14INO. The smallest absolute Gasteiger partial charge is 0.227 e. The quantitative estimate of drug-likeness (QED) is 0.460. The lowest BCUT2D eigenvalue weighted by Crippen LogP contribution is -1.96. The Morgan fingerprint density at radius 1 is 0.708 bits per heavy atom. The van der Waals surface area contributed by atoms with E-state index in [0.29, 0.717) is 5.90 Å². The zero-order valence-electron chi connectivity index (χ0n) is 12.8. The van der Waals surface area contributed by atoms with Crippen molar-refractivity contribution >= 4 is 43.5 Å². The Labute approximate surface area is 154 Å². The van der Waals surface area contributed by atoms with Crippen LogP contribution >= 0.6 is 22.6 Å². The van der Waals surface area contributed by atoms with E-state index < -0.39 is 0 Å². The Morgan fingerprint density at radius 3 is 2.00 bits per heavy atom. The molecule has 0 saturated carbocycles. The Kier molecular flexibility index (Phi) is 4.17. The molecule has 0 aliphatic carbocycles. The second-order valence-electron chi connectivity index (χ2n) is 5.41. The van der Waals surface area contributed by atoms with E-state index >= 15 is 0 Å². The first-order valence-electron chi connectivity index (χ1n) is 7.69. The first-order valence-corrected chi connectivity index (χ1v) is 8.77. The van der Waals surface area contributed by atoms with Crippen molar-refractivity contribution < 1.29 is 4.74 Å². The molecule has 0 fully saturated rings. The van der Waals surface area contributed by atoms with Crippen LogP contribution in [0.2, 0.25) is 0 Å². The van der Waals surface area contributed by atoms with Crippen LogP contribution in [-0.2, 0) is 4.74 Å². The molecule has 0 saturated heterocycles. The van der Waals surface area contributed by atoms with Crippen LogP contribution in [0.25, 0.3) is 9.34 Å². The summed E-state index contributed by atoms with van der Waals surface area (Å²) in [5.41, 5.74) is 4.14. The Hall–Kier alpha value is -2.40. The maximum Gasteiger partial charge on any atom is 0.227 e. The van der Waals surface area contributed by atoms with Crippen LogP contribution in [-0.4, -0.2) is 5.90 Å². The molecule has 0 aromatic heterocycles. The first-order chi connectivity index (χ1) is 11.8. The van der Waals surface area contributed by atoms with E-state index in [2.05, 4.69) is 51.8 Å². The van der Waals surface area contributed by atoms with E-state index in [1.165, 1.54) is 0 Å². The van der Waals surface area contributed by atoms with Gasteiger partial charge in [0.1, 0.15) is 0 Å². The zero-order valence-corrected chi connectivity index (χ0v) is 15.0. The highest BCUT2D eigenvalue weighted by Crippen LogP contribution is 2.39. The summed E-state index contributed by atoms with van der Waals surface area (Å²) in [5.74, 6) is 1.52. The average molecular weight is 423 g/mol. The van der Waals surface area contributed by atoms with Gasteiger partial charge >= 0.3 is 0 Å². The molecule has 1 heterocycles. The lowest BCUT2D eigenvalue weighted by atomic mass is 10.1. The van der Waals surface area contributed by atoms with Crippen molar-refractivity contribution in [2.75, 3.05) is 0 Å². The van der Waals surface area contributed by atoms with Gasteiger partial charge in [-0.2, -0.15) is 0 Å². The highest BCUT2D eigenvalue weighted by Gasteiger charge is 2.27. The van der Waals surface area contributed by atoms with Gasteiger partial charge in [0.25, 0.3) is 0 Å². The molecule has 0 N–H and O–H groups in total. The number of hydrogen-bond donors (Lipinski definition) is 0. The maximum atomic E-state index is 6.17. The number of hydrogen-bond acceptors (Lipinski definition) is 2. The number of nitrogens with zero attached hydrogens (tertiary/aromatic N) is 1. The van der Waals surface area contributed by atoms with Gasteiger partial charge in [0, 0.05) is 11.1 Å². The summed E-state index contributed by atoms with van der Waals surface area (Å²) >= 11 is 2.35. The number of para-hydroxylation sites is 1. The number of halogens is 1. The summed E-state index contributed by atoms with van der Waals surface area (Å²) in [5, 5.41) is 0. The first kappa shape index (κ1) is 15.1. The average Bonchev–Trinajstić information content (AvgIpc) is 3.01. The Morgan fingerprint density at radius 2 is 1.29 bits per heavy atom. The second kappa shape index (κ2) is 6.61. The fraction of sp³-hybridized carbons (Fsp3) is 0. The minimum atomic E-state index is 0.650. The molecule has 0 amide bonds. The van der Waals surface area contributed by atoms with Gasteiger partial charge < -0.3 is 4.74 Å². The van der Waals surface area contributed by atoms with Crippen LogP contribution in [0.3, 0.4) is 0 Å². The van der Waals surface area contributed by atoms with Crippen molar-refractivity contribution in [1.29, 1.82) is 0 Å². The molecule has 2 nitrogen and oxygen atoms in total. The predicted molar refractivity (Wildman–Crippen MR) is 107 cm³/mol.